The molecule has 0 aliphatic carbocycles. The van der Waals surface area contributed by atoms with Crippen molar-refractivity contribution in [2.24, 2.45) is 11.1 Å². The molecule has 1 saturated heterocycles. The number of hydrogen-bond acceptors (Lipinski definition) is 5. The van der Waals surface area contributed by atoms with E-state index in [1.54, 1.807) is 31.0 Å². The number of nitrogens with two attached hydrogens (primary N) is 1. The van der Waals surface area contributed by atoms with E-state index in [1.807, 2.05) is 0 Å². The number of carbonyl (C=O) groups is 1. The van der Waals surface area contributed by atoms with Gasteiger partial charge in [0.1, 0.15) is 0 Å². The number of ether oxygens (including phenoxy) is 3. The van der Waals surface area contributed by atoms with E-state index in [1.165, 1.54) is 6.07 Å². The number of benzene rings is 1. The molecule has 1 aliphatic rings. The van der Waals surface area contributed by atoms with Crippen molar-refractivity contribution < 1.29 is 27.8 Å². The molecule has 0 bridgehead atoms. The summed E-state index contributed by atoms with van der Waals surface area (Å²) in [7, 11) is 1.71. The van der Waals surface area contributed by atoms with Gasteiger partial charge in [0.05, 0.1) is 12.0 Å². The molecule has 1 aromatic carbocycles. The fourth-order valence-electron chi connectivity index (χ4n) is 3.13. The van der Waals surface area contributed by atoms with E-state index < -0.39 is 12.0 Å². The van der Waals surface area contributed by atoms with Crippen LogP contribution in [0.1, 0.15) is 25.3 Å². The highest BCUT2D eigenvalue weighted by atomic mass is 35.5. The van der Waals surface area contributed by atoms with E-state index in [4.69, 9.17) is 15.2 Å². The highest BCUT2D eigenvalue weighted by Crippen LogP contribution is 2.33. The molecule has 0 unspecified atom stereocenters. The third-order valence-corrected chi connectivity index (χ3v) is 4.58. The van der Waals surface area contributed by atoms with Crippen LogP contribution in [0.2, 0.25) is 0 Å². The molecular weight excluding hydrogens is 382 g/mol. The van der Waals surface area contributed by atoms with Crippen LogP contribution in [0, 0.1) is 5.41 Å². The Morgan fingerprint density at radius 3 is 2.56 bits per heavy atom. The van der Waals surface area contributed by atoms with Crippen LogP contribution in [0.15, 0.2) is 18.2 Å². The molecule has 9 heteroatoms. The summed E-state index contributed by atoms with van der Waals surface area (Å²) in [5, 5.41) is 0. The average Bonchev–Trinajstić information content (AvgIpc) is 2.63. The second-order valence-corrected chi connectivity index (χ2v) is 6.35. The van der Waals surface area contributed by atoms with Crippen molar-refractivity contribution in [3.63, 3.8) is 0 Å². The molecule has 154 valence electrons. The number of rotatable bonds is 8. The van der Waals surface area contributed by atoms with E-state index in [0.717, 1.165) is 5.56 Å². The summed E-state index contributed by atoms with van der Waals surface area (Å²) in [6.45, 7) is 0.762. The molecule has 27 heavy (non-hydrogen) atoms. The molecule has 1 heterocycles. The molecule has 1 aromatic rings. The first-order chi connectivity index (χ1) is 12.4. The normalized spacial score (nSPS) is 15.8. The van der Waals surface area contributed by atoms with E-state index in [2.05, 4.69) is 4.74 Å². The Balaban J connectivity index is 0.00000364. The lowest BCUT2D eigenvalue weighted by Gasteiger charge is -2.37. The molecule has 1 amide bonds. The minimum Gasteiger partial charge on any atom is -0.490 e. The van der Waals surface area contributed by atoms with Gasteiger partial charge in [-0.05, 0) is 37.5 Å². The Morgan fingerprint density at radius 1 is 1.33 bits per heavy atom. The van der Waals surface area contributed by atoms with Crippen molar-refractivity contribution in [2.45, 2.75) is 32.9 Å². The third-order valence-electron chi connectivity index (χ3n) is 4.58. The van der Waals surface area contributed by atoms with Crippen LogP contribution in [-0.2, 0) is 16.1 Å². The van der Waals surface area contributed by atoms with Gasteiger partial charge in [-0.1, -0.05) is 6.07 Å². The summed E-state index contributed by atoms with van der Waals surface area (Å²) >= 11 is 0. The SMILES string of the molecule is CCOc1cc(CN(C)C(=O)C2(CN)CCOCC2)ccc1OC(F)F.Cl. The van der Waals surface area contributed by atoms with Gasteiger partial charge in [0.25, 0.3) is 0 Å². The van der Waals surface area contributed by atoms with E-state index >= 15 is 0 Å². The average molecular weight is 409 g/mol. The van der Waals surface area contributed by atoms with Gasteiger partial charge < -0.3 is 24.8 Å². The molecule has 6 nitrogen and oxygen atoms in total. The van der Waals surface area contributed by atoms with Crippen molar-refractivity contribution in [3.05, 3.63) is 23.8 Å². The first-order valence-corrected chi connectivity index (χ1v) is 8.66. The number of carbonyl (C=O) groups excluding carboxylic acids is 1. The summed E-state index contributed by atoms with van der Waals surface area (Å²) in [6, 6.07) is 4.69. The number of halogens is 3. The maximum atomic E-state index is 12.9. The minimum atomic E-state index is -2.93. The smallest absolute Gasteiger partial charge is 0.387 e. The van der Waals surface area contributed by atoms with Crippen molar-refractivity contribution in [3.8, 4) is 11.5 Å². The Labute approximate surface area is 164 Å². The molecule has 2 rings (SSSR count). The van der Waals surface area contributed by atoms with Crippen LogP contribution in [-0.4, -0.2) is 50.8 Å². The summed E-state index contributed by atoms with van der Waals surface area (Å²) in [5.41, 5.74) is 6.04. The quantitative estimate of drug-likeness (QED) is 0.716. The molecule has 0 aromatic heterocycles. The van der Waals surface area contributed by atoms with E-state index in [0.29, 0.717) is 39.2 Å². The number of amides is 1. The Morgan fingerprint density at radius 2 is 2.00 bits per heavy atom. The van der Waals surface area contributed by atoms with Gasteiger partial charge in [0.15, 0.2) is 11.5 Å². The molecule has 0 atom stereocenters. The zero-order valence-electron chi connectivity index (χ0n) is 15.6. The zero-order chi connectivity index (χ0) is 19.2. The maximum Gasteiger partial charge on any atom is 0.387 e. The lowest BCUT2D eigenvalue weighted by molar-refractivity contribution is -0.146. The first-order valence-electron chi connectivity index (χ1n) is 8.66. The van der Waals surface area contributed by atoms with E-state index in [9.17, 15) is 13.6 Å². The Hall–Kier alpha value is -1.64. The van der Waals surface area contributed by atoms with Crippen molar-refractivity contribution in [1.82, 2.24) is 4.90 Å². The van der Waals surface area contributed by atoms with Crippen LogP contribution < -0.4 is 15.2 Å². The van der Waals surface area contributed by atoms with Crippen LogP contribution in [0.3, 0.4) is 0 Å². The standard InChI is InChI=1S/C18H26F2N2O4.ClH/c1-3-25-15-10-13(4-5-14(15)26-17(19)20)11-22(2)16(23)18(12-21)6-8-24-9-7-18;/h4-5,10,17H,3,6-9,11-12,21H2,1-2H3;1H. The van der Waals surface area contributed by atoms with Gasteiger partial charge in [0, 0.05) is 33.4 Å². The summed E-state index contributed by atoms with van der Waals surface area (Å²) in [6.07, 6.45) is 1.19. The largest absolute Gasteiger partial charge is 0.490 e. The zero-order valence-corrected chi connectivity index (χ0v) is 16.4. The topological polar surface area (TPSA) is 74.0 Å². The second-order valence-electron chi connectivity index (χ2n) is 6.35. The lowest BCUT2D eigenvalue weighted by Crippen LogP contribution is -2.49. The molecule has 0 radical (unpaired) electrons. The van der Waals surface area contributed by atoms with Gasteiger partial charge in [-0.25, -0.2) is 0 Å². The number of alkyl halides is 2. The van der Waals surface area contributed by atoms with E-state index in [-0.39, 0.29) is 36.4 Å². The minimum absolute atomic E-state index is 0. The summed E-state index contributed by atoms with van der Waals surface area (Å²) < 4.78 is 40.2. The fraction of sp³-hybridized carbons (Fsp3) is 0.611. The number of hydrogen-bond donors (Lipinski definition) is 1. The molecule has 0 spiro atoms. The van der Waals surface area contributed by atoms with Gasteiger partial charge in [-0.2, -0.15) is 8.78 Å². The predicted octanol–water partition coefficient (Wildman–Crippen LogP) is 2.82. The molecule has 2 N–H and O–H groups in total. The first kappa shape index (κ1) is 23.4. The summed E-state index contributed by atoms with van der Waals surface area (Å²) in [5.74, 6) is 0.169. The fourth-order valence-corrected chi connectivity index (χ4v) is 3.13. The molecule has 0 saturated carbocycles. The van der Waals surface area contributed by atoms with Crippen molar-refractivity contribution in [2.75, 3.05) is 33.4 Å². The summed E-state index contributed by atoms with van der Waals surface area (Å²) in [4.78, 5) is 14.5. The van der Waals surface area contributed by atoms with Crippen molar-refractivity contribution in [1.29, 1.82) is 0 Å². The highest BCUT2D eigenvalue weighted by molar-refractivity contribution is 5.85. The van der Waals surface area contributed by atoms with Crippen molar-refractivity contribution >= 4 is 18.3 Å². The monoisotopic (exact) mass is 408 g/mol. The Bertz CT molecular complexity index is 613. The van der Waals surface area contributed by atoms with Crippen LogP contribution >= 0.6 is 12.4 Å². The van der Waals surface area contributed by atoms with Gasteiger partial charge >= 0.3 is 6.61 Å². The molecule has 1 aliphatic heterocycles. The third kappa shape index (κ3) is 5.92. The van der Waals surface area contributed by atoms with Gasteiger partial charge in [-0.3, -0.25) is 4.79 Å². The van der Waals surface area contributed by atoms with Gasteiger partial charge in [0.2, 0.25) is 5.91 Å². The second kappa shape index (κ2) is 10.6. The highest BCUT2D eigenvalue weighted by Gasteiger charge is 2.40. The molecule has 1 fully saturated rings. The van der Waals surface area contributed by atoms with Gasteiger partial charge in [-0.15, -0.1) is 12.4 Å². The van der Waals surface area contributed by atoms with Crippen LogP contribution in [0.5, 0.6) is 11.5 Å². The predicted molar refractivity (Wildman–Crippen MR) is 99.5 cm³/mol. The van der Waals surface area contributed by atoms with Crippen LogP contribution in [0.25, 0.3) is 0 Å². The Kier molecular flexibility index (Phi) is 9.21. The lowest BCUT2D eigenvalue weighted by atomic mass is 9.79. The maximum absolute atomic E-state index is 12.9. The number of nitrogens with zero attached hydrogens (tertiary/aromatic N) is 1. The van der Waals surface area contributed by atoms with Crippen LogP contribution in [0.4, 0.5) is 8.78 Å². The molecular formula is C18H27ClF2N2O4.